The molecule has 1 heterocycles. The number of hydrogen-bond acceptors (Lipinski definition) is 3. The molecule has 0 saturated heterocycles. The predicted molar refractivity (Wildman–Crippen MR) is 55.5 cm³/mol. The van der Waals surface area contributed by atoms with Crippen molar-refractivity contribution in [2.45, 2.75) is 37.5 Å². The quantitative estimate of drug-likeness (QED) is 0.792. The molecular weight excluding hydrogens is 174 g/mol. The van der Waals surface area contributed by atoms with Crippen molar-refractivity contribution in [2.75, 3.05) is 12.4 Å². The lowest BCUT2D eigenvalue weighted by Gasteiger charge is -2.05. The van der Waals surface area contributed by atoms with Crippen LogP contribution in [0.15, 0.2) is 6.07 Å². The Morgan fingerprint density at radius 1 is 1.14 bits per heavy atom. The summed E-state index contributed by atoms with van der Waals surface area (Å²) in [7, 11) is 1.93. The van der Waals surface area contributed by atoms with E-state index in [2.05, 4.69) is 21.4 Å². The molecule has 0 spiro atoms. The molecule has 3 nitrogen and oxygen atoms in total. The number of anilines is 1. The van der Waals surface area contributed by atoms with Crippen molar-refractivity contribution in [2.24, 2.45) is 0 Å². The van der Waals surface area contributed by atoms with Crippen LogP contribution >= 0.6 is 0 Å². The minimum absolute atomic E-state index is 0.654. The molecule has 2 aliphatic carbocycles. The number of nitrogens with one attached hydrogen (secondary N) is 1. The molecule has 0 radical (unpaired) electrons. The molecule has 1 N–H and O–H groups in total. The summed E-state index contributed by atoms with van der Waals surface area (Å²) < 4.78 is 0. The smallest absolute Gasteiger partial charge is 0.134 e. The van der Waals surface area contributed by atoms with Crippen molar-refractivity contribution in [3.05, 3.63) is 17.6 Å². The van der Waals surface area contributed by atoms with E-state index in [9.17, 15) is 0 Å². The Morgan fingerprint density at radius 3 is 2.43 bits per heavy atom. The third-order valence-corrected chi connectivity index (χ3v) is 2.96. The standard InChI is InChI=1S/C11H15N3/c1-12-10-6-9(7-2-3-7)13-11(14-10)8-4-5-8/h6-8H,2-5H2,1H3,(H,12,13,14). The van der Waals surface area contributed by atoms with E-state index in [4.69, 9.17) is 0 Å². The molecule has 0 bridgehead atoms. The zero-order valence-electron chi connectivity index (χ0n) is 8.45. The summed E-state index contributed by atoms with van der Waals surface area (Å²) in [6.07, 6.45) is 5.17. The highest BCUT2D eigenvalue weighted by Gasteiger charge is 2.30. The summed E-state index contributed by atoms with van der Waals surface area (Å²) in [4.78, 5) is 9.16. The zero-order valence-corrected chi connectivity index (χ0v) is 8.45. The van der Waals surface area contributed by atoms with Crippen LogP contribution in [0, 0.1) is 0 Å². The molecule has 3 heteroatoms. The fourth-order valence-electron chi connectivity index (χ4n) is 1.73. The number of nitrogens with zero attached hydrogens (tertiary/aromatic N) is 2. The van der Waals surface area contributed by atoms with Gasteiger partial charge in [-0.3, -0.25) is 0 Å². The van der Waals surface area contributed by atoms with Crippen LogP contribution in [-0.2, 0) is 0 Å². The average molecular weight is 189 g/mol. The van der Waals surface area contributed by atoms with Gasteiger partial charge in [-0.15, -0.1) is 0 Å². The lowest BCUT2D eigenvalue weighted by atomic mass is 10.2. The van der Waals surface area contributed by atoms with E-state index in [0.717, 1.165) is 17.6 Å². The van der Waals surface area contributed by atoms with E-state index in [1.807, 2.05) is 7.05 Å². The van der Waals surface area contributed by atoms with E-state index in [-0.39, 0.29) is 0 Å². The Morgan fingerprint density at radius 2 is 1.86 bits per heavy atom. The Bertz CT molecular complexity index is 323. The Kier molecular flexibility index (Phi) is 1.72. The molecule has 0 amide bonds. The van der Waals surface area contributed by atoms with Crippen molar-refractivity contribution in [3.8, 4) is 0 Å². The molecule has 74 valence electrons. The summed E-state index contributed by atoms with van der Waals surface area (Å²) in [5.41, 5.74) is 1.26. The zero-order chi connectivity index (χ0) is 9.54. The number of rotatable bonds is 3. The molecular formula is C11H15N3. The Balaban J connectivity index is 1.97. The molecule has 14 heavy (non-hydrogen) atoms. The van der Waals surface area contributed by atoms with Crippen LogP contribution < -0.4 is 5.32 Å². The normalized spacial score (nSPS) is 20.9. The third-order valence-electron chi connectivity index (χ3n) is 2.96. The van der Waals surface area contributed by atoms with Crippen molar-refractivity contribution in [1.29, 1.82) is 0 Å². The first-order chi connectivity index (χ1) is 6.86. The third kappa shape index (κ3) is 1.47. The summed E-state index contributed by atoms with van der Waals surface area (Å²) in [5.74, 6) is 3.44. The lowest BCUT2D eigenvalue weighted by Crippen LogP contribution is -2.01. The molecule has 0 unspecified atom stereocenters. The van der Waals surface area contributed by atoms with E-state index in [0.29, 0.717) is 5.92 Å². The SMILES string of the molecule is CNc1cc(C2CC2)nc(C2CC2)n1. The summed E-state index contributed by atoms with van der Waals surface area (Å²) >= 11 is 0. The van der Waals surface area contributed by atoms with Gasteiger partial charge in [-0.2, -0.15) is 0 Å². The second kappa shape index (κ2) is 2.94. The summed E-state index contributed by atoms with van der Waals surface area (Å²) in [5, 5.41) is 3.12. The highest BCUT2D eigenvalue weighted by Crippen LogP contribution is 2.42. The van der Waals surface area contributed by atoms with E-state index >= 15 is 0 Å². The minimum atomic E-state index is 0.654. The van der Waals surface area contributed by atoms with Gasteiger partial charge in [-0.05, 0) is 25.7 Å². The Hall–Kier alpha value is -1.12. The topological polar surface area (TPSA) is 37.8 Å². The first-order valence-electron chi connectivity index (χ1n) is 5.43. The van der Waals surface area contributed by atoms with Gasteiger partial charge in [0.25, 0.3) is 0 Å². The summed E-state index contributed by atoms with van der Waals surface area (Å²) in [6.45, 7) is 0. The van der Waals surface area contributed by atoms with Crippen LogP contribution in [0.5, 0.6) is 0 Å². The predicted octanol–water partition coefficient (Wildman–Crippen LogP) is 2.27. The molecule has 2 fully saturated rings. The van der Waals surface area contributed by atoms with Crippen LogP contribution in [0.25, 0.3) is 0 Å². The van der Waals surface area contributed by atoms with Crippen molar-refractivity contribution in [3.63, 3.8) is 0 Å². The molecule has 2 aliphatic rings. The van der Waals surface area contributed by atoms with E-state index in [1.54, 1.807) is 0 Å². The highest BCUT2D eigenvalue weighted by atomic mass is 15.0. The molecule has 3 rings (SSSR count). The van der Waals surface area contributed by atoms with Gasteiger partial charge in [0.2, 0.25) is 0 Å². The largest absolute Gasteiger partial charge is 0.373 e. The molecule has 0 aromatic carbocycles. The maximum Gasteiger partial charge on any atom is 0.134 e. The van der Waals surface area contributed by atoms with Gasteiger partial charge in [0.05, 0.1) is 0 Å². The maximum absolute atomic E-state index is 4.65. The fraction of sp³-hybridized carbons (Fsp3) is 0.636. The first kappa shape index (κ1) is 8.21. The van der Waals surface area contributed by atoms with Gasteiger partial charge < -0.3 is 5.32 Å². The fourth-order valence-corrected chi connectivity index (χ4v) is 1.73. The first-order valence-corrected chi connectivity index (χ1v) is 5.43. The van der Waals surface area contributed by atoms with Gasteiger partial charge in [0, 0.05) is 30.6 Å². The number of aromatic nitrogens is 2. The molecule has 0 atom stereocenters. The van der Waals surface area contributed by atoms with Gasteiger partial charge in [-0.25, -0.2) is 9.97 Å². The second-order valence-electron chi connectivity index (χ2n) is 4.33. The highest BCUT2D eigenvalue weighted by molar-refractivity contribution is 5.38. The molecule has 1 aromatic heterocycles. The van der Waals surface area contributed by atoms with Crippen LogP contribution in [0.2, 0.25) is 0 Å². The average Bonchev–Trinajstić information content (AvgIpc) is 3.07. The van der Waals surface area contributed by atoms with Crippen LogP contribution in [0.3, 0.4) is 0 Å². The van der Waals surface area contributed by atoms with Crippen LogP contribution in [-0.4, -0.2) is 17.0 Å². The van der Waals surface area contributed by atoms with Gasteiger partial charge in [-0.1, -0.05) is 0 Å². The monoisotopic (exact) mass is 189 g/mol. The van der Waals surface area contributed by atoms with E-state index < -0.39 is 0 Å². The maximum atomic E-state index is 4.65. The molecule has 1 aromatic rings. The summed E-state index contributed by atoms with van der Waals surface area (Å²) in [6, 6.07) is 2.10. The molecule has 0 aliphatic heterocycles. The van der Waals surface area contributed by atoms with Crippen molar-refractivity contribution < 1.29 is 0 Å². The van der Waals surface area contributed by atoms with Crippen LogP contribution in [0.4, 0.5) is 5.82 Å². The van der Waals surface area contributed by atoms with Crippen molar-refractivity contribution >= 4 is 5.82 Å². The molecule has 2 saturated carbocycles. The van der Waals surface area contributed by atoms with E-state index in [1.165, 1.54) is 31.4 Å². The van der Waals surface area contributed by atoms with Crippen LogP contribution in [0.1, 0.15) is 49.0 Å². The van der Waals surface area contributed by atoms with Gasteiger partial charge in [0.15, 0.2) is 0 Å². The van der Waals surface area contributed by atoms with Crippen molar-refractivity contribution in [1.82, 2.24) is 9.97 Å². The van der Waals surface area contributed by atoms with Gasteiger partial charge in [0.1, 0.15) is 11.6 Å². The number of hydrogen-bond donors (Lipinski definition) is 1. The Labute approximate surface area is 84.0 Å². The lowest BCUT2D eigenvalue weighted by molar-refractivity contribution is 0.875. The van der Waals surface area contributed by atoms with Gasteiger partial charge >= 0.3 is 0 Å². The minimum Gasteiger partial charge on any atom is -0.373 e. The second-order valence-corrected chi connectivity index (χ2v) is 4.33.